The Kier molecular flexibility index (Phi) is 5.85. The second-order valence-corrected chi connectivity index (χ2v) is 4.55. The highest BCUT2D eigenvalue weighted by Gasteiger charge is 2.16. The number of aryl methyl sites for hydroxylation is 1. The summed E-state index contributed by atoms with van der Waals surface area (Å²) in [6.45, 7) is 6.15. The van der Waals surface area contributed by atoms with Crippen LogP contribution in [0, 0.1) is 12.8 Å². The highest BCUT2D eigenvalue weighted by molar-refractivity contribution is 5.78. The Bertz CT molecular complexity index is 372. The smallest absolute Gasteiger partial charge is 0.226 e. The Balaban J connectivity index is 2.32. The molecular formula is C13H22N2O3. The number of hydrogen-bond donors (Lipinski definition) is 2. The Morgan fingerprint density at radius 1 is 1.50 bits per heavy atom. The molecule has 102 valence electrons. The summed E-state index contributed by atoms with van der Waals surface area (Å²) in [5.74, 6) is 0.780. The van der Waals surface area contributed by atoms with E-state index < -0.39 is 6.10 Å². The maximum absolute atomic E-state index is 11.6. The molecule has 0 aliphatic carbocycles. The van der Waals surface area contributed by atoms with Crippen molar-refractivity contribution >= 4 is 5.91 Å². The number of carbonyl (C=O) groups is 1. The Labute approximate surface area is 108 Å². The molecule has 2 N–H and O–H groups in total. The molecule has 1 atom stereocenters. The Hall–Kier alpha value is -1.36. The largest absolute Gasteiger partial charge is 0.391 e. The zero-order valence-corrected chi connectivity index (χ0v) is 11.3. The van der Waals surface area contributed by atoms with Gasteiger partial charge in [0, 0.05) is 12.6 Å². The molecule has 0 aromatic carbocycles. The van der Waals surface area contributed by atoms with Crippen LogP contribution in [0.25, 0.3) is 0 Å². The van der Waals surface area contributed by atoms with Gasteiger partial charge in [-0.25, -0.2) is 0 Å². The molecule has 1 aromatic rings. The summed E-state index contributed by atoms with van der Waals surface area (Å²) >= 11 is 0. The van der Waals surface area contributed by atoms with Gasteiger partial charge < -0.3 is 14.9 Å². The molecule has 0 radical (unpaired) electrons. The van der Waals surface area contributed by atoms with Gasteiger partial charge in [-0.15, -0.1) is 0 Å². The van der Waals surface area contributed by atoms with Crippen LogP contribution in [0.1, 0.15) is 38.1 Å². The minimum Gasteiger partial charge on any atom is -0.391 e. The second kappa shape index (κ2) is 7.16. The summed E-state index contributed by atoms with van der Waals surface area (Å²) < 4.78 is 4.88. The summed E-state index contributed by atoms with van der Waals surface area (Å²) in [6, 6.07) is 1.73. The van der Waals surface area contributed by atoms with Crippen LogP contribution in [0.3, 0.4) is 0 Å². The van der Waals surface area contributed by atoms with Gasteiger partial charge >= 0.3 is 0 Å². The number of aliphatic hydroxyl groups is 1. The molecule has 0 aliphatic rings. The number of amides is 1. The maximum Gasteiger partial charge on any atom is 0.226 e. The highest BCUT2D eigenvalue weighted by atomic mass is 16.5. The number of carbonyl (C=O) groups excluding carboxylic acids is 1. The fourth-order valence-electron chi connectivity index (χ4n) is 1.95. The van der Waals surface area contributed by atoms with Crippen molar-refractivity contribution in [2.45, 2.75) is 46.1 Å². The molecule has 5 nitrogen and oxygen atoms in total. The molecule has 5 heteroatoms. The summed E-state index contributed by atoms with van der Waals surface area (Å²) in [6.07, 6.45) is 1.53. The normalized spacial score (nSPS) is 12.7. The van der Waals surface area contributed by atoms with Crippen molar-refractivity contribution in [2.24, 2.45) is 5.92 Å². The maximum atomic E-state index is 11.6. The van der Waals surface area contributed by atoms with E-state index in [0.717, 1.165) is 12.8 Å². The molecule has 0 bridgehead atoms. The van der Waals surface area contributed by atoms with E-state index in [0.29, 0.717) is 18.0 Å². The zero-order valence-electron chi connectivity index (χ0n) is 11.3. The van der Waals surface area contributed by atoms with E-state index in [-0.39, 0.29) is 18.2 Å². The summed E-state index contributed by atoms with van der Waals surface area (Å²) in [7, 11) is 0. The van der Waals surface area contributed by atoms with Crippen molar-refractivity contribution < 1.29 is 14.4 Å². The first kappa shape index (κ1) is 14.7. The number of nitrogens with one attached hydrogen (secondary N) is 1. The fourth-order valence-corrected chi connectivity index (χ4v) is 1.95. The molecule has 1 amide bonds. The van der Waals surface area contributed by atoms with Gasteiger partial charge in [-0.1, -0.05) is 31.8 Å². The van der Waals surface area contributed by atoms with Crippen LogP contribution in [0.5, 0.6) is 0 Å². The molecule has 0 unspecified atom stereocenters. The lowest BCUT2D eigenvalue weighted by Crippen LogP contribution is -2.36. The quantitative estimate of drug-likeness (QED) is 0.772. The van der Waals surface area contributed by atoms with E-state index >= 15 is 0 Å². The molecular weight excluding hydrogens is 232 g/mol. The molecule has 1 heterocycles. The summed E-state index contributed by atoms with van der Waals surface area (Å²) in [5.41, 5.74) is 0.613. The van der Waals surface area contributed by atoms with Gasteiger partial charge in [0.15, 0.2) is 0 Å². The number of hydrogen-bond acceptors (Lipinski definition) is 4. The van der Waals surface area contributed by atoms with E-state index in [1.165, 1.54) is 0 Å². The average molecular weight is 254 g/mol. The molecule has 1 aromatic heterocycles. The number of rotatable bonds is 7. The van der Waals surface area contributed by atoms with Crippen LogP contribution < -0.4 is 5.32 Å². The average Bonchev–Trinajstić information content (AvgIpc) is 2.73. The molecule has 0 saturated heterocycles. The van der Waals surface area contributed by atoms with Crippen molar-refractivity contribution in [2.75, 3.05) is 6.54 Å². The minimum atomic E-state index is -0.483. The fraction of sp³-hybridized carbons (Fsp3) is 0.692. The van der Waals surface area contributed by atoms with Crippen molar-refractivity contribution in [3.63, 3.8) is 0 Å². The first-order chi connectivity index (χ1) is 8.56. The Morgan fingerprint density at radius 3 is 2.67 bits per heavy atom. The van der Waals surface area contributed by atoms with Crippen molar-refractivity contribution in [3.8, 4) is 0 Å². The van der Waals surface area contributed by atoms with Crippen molar-refractivity contribution in [1.82, 2.24) is 10.5 Å². The van der Waals surface area contributed by atoms with E-state index in [9.17, 15) is 9.90 Å². The van der Waals surface area contributed by atoms with E-state index in [1.54, 1.807) is 13.0 Å². The molecule has 0 spiro atoms. The van der Waals surface area contributed by atoms with Crippen LogP contribution in [-0.4, -0.2) is 28.8 Å². The third kappa shape index (κ3) is 4.49. The molecule has 1 rings (SSSR count). The lowest BCUT2D eigenvalue weighted by Gasteiger charge is -2.20. The van der Waals surface area contributed by atoms with Crippen molar-refractivity contribution in [3.05, 3.63) is 17.5 Å². The van der Waals surface area contributed by atoms with E-state index in [1.807, 2.05) is 13.8 Å². The second-order valence-electron chi connectivity index (χ2n) is 4.55. The minimum absolute atomic E-state index is 0.145. The van der Waals surface area contributed by atoms with Gasteiger partial charge in [0.2, 0.25) is 5.91 Å². The number of aromatic nitrogens is 1. The monoisotopic (exact) mass is 254 g/mol. The predicted octanol–water partition coefficient (Wildman–Crippen LogP) is 1.44. The molecule has 0 fully saturated rings. The van der Waals surface area contributed by atoms with Gasteiger partial charge in [0.25, 0.3) is 0 Å². The van der Waals surface area contributed by atoms with Gasteiger partial charge in [0.1, 0.15) is 5.76 Å². The van der Waals surface area contributed by atoms with E-state index in [2.05, 4.69) is 10.5 Å². The van der Waals surface area contributed by atoms with Crippen molar-refractivity contribution in [1.29, 1.82) is 0 Å². The number of aliphatic hydroxyl groups excluding tert-OH is 1. The first-order valence-corrected chi connectivity index (χ1v) is 6.43. The topological polar surface area (TPSA) is 75.4 Å². The SMILES string of the molecule is CCC(CC)[C@H](O)CNC(=O)Cc1cc(C)on1. The zero-order chi connectivity index (χ0) is 13.5. The van der Waals surface area contributed by atoms with Gasteiger partial charge in [-0.2, -0.15) is 0 Å². The Morgan fingerprint density at radius 2 is 2.17 bits per heavy atom. The first-order valence-electron chi connectivity index (χ1n) is 6.43. The lowest BCUT2D eigenvalue weighted by atomic mass is 9.96. The number of nitrogens with zero attached hydrogens (tertiary/aromatic N) is 1. The van der Waals surface area contributed by atoms with Crippen LogP contribution in [-0.2, 0) is 11.2 Å². The van der Waals surface area contributed by atoms with Gasteiger partial charge in [0.05, 0.1) is 18.2 Å². The lowest BCUT2D eigenvalue weighted by molar-refractivity contribution is -0.121. The third-order valence-electron chi connectivity index (χ3n) is 3.12. The van der Waals surface area contributed by atoms with Crippen LogP contribution in [0.15, 0.2) is 10.6 Å². The molecule has 18 heavy (non-hydrogen) atoms. The van der Waals surface area contributed by atoms with Gasteiger partial charge in [-0.05, 0) is 12.8 Å². The summed E-state index contributed by atoms with van der Waals surface area (Å²) in [4.78, 5) is 11.6. The standard InChI is InChI=1S/C13H22N2O3/c1-4-10(5-2)12(16)8-14-13(17)7-11-6-9(3)18-15-11/h6,10,12,16H,4-5,7-8H2,1-3H3,(H,14,17)/t12-/m1/s1. The van der Waals surface area contributed by atoms with Gasteiger partial charge in [-0.3, -0.25) is 4.79 Å². The van der Waals surface area contributed by atoms with Crippen LogP contribution >= 0.6 is 0 Å². The molecule has 0 aliphatic heterocycles. The van der Waals surface area contributed by atoms with Crippen LogP contribution in [0.4, 0.5) is 0 Å². The summed E-state index contributed by atoms with van der Waals surface area (Å²) in [5, 5.41) is 16.3. The predicted molar refractivity (Wildman–Crippen MR) is 68.0 cm³/mol. The van der Waals surface area contributed by atoms with Crippen LogP contribution in [0.2, 0.25) is 0 Å². The third-order valence-corrected chi connectivity index (χ3v) is 3.12. The van der Waals surface area contributed by atoms with E-state index in [4.69, 9.17) is 4.52 Å². The highest BCUT2D eigenvalue weighted by Crippen LogP contribution is 2.12. The molecule has 0 saturated carbocycles.